The van der Waals surface area contributed by atoms with Crippen LogP contribution in [-0.2, 0) is 6.42 Å². The van der Waals surface area contributed by atoms with Gasteiger partial charge in [0.15, 0.2) is 5.96 Å². The quantitative estimate of drug-likeness (QED) is 0.203. The van der Waals surface area contributed by atoms with Gasteiger partial charge in [0.25, 0.3) is 11.8 Å². The van der Waals surface area contributed by atoms with Crippen molar-refractivity contribution in [3.63, 3.8) is 0 Å². The van der Waals surface area contributed by atoms with E-state index < -0.39 is 0 Å². The fourth-order valence-electron chi connectivity index (χ4n) is 3.08. The van der Waals surface area contributed by atoms with Crippen LogP contribution in [-0.4, -0.2) is 35.8 Å². The topological polar surface area (TPSA) is 87.8 Å². The van der Waals surface area contributed by atoms with E-state index >= 15 is 0 Å². The fraction of sp³-hybridized carbons (Fsp3) is 0.286. The Hall–Kier alpha value is -2.42. The minimum Gasteiger partial charge on any atom is -0.370 e. The number of aliphatic imine (C=N–C) groups is 1. The van der Waals surface area contributed by atoms with Crippen molar-refractivity contribution in [1.82, 2.24) is 4.90 Å². The second-order valence-corrected chi connectivity index (χ2v) is 6.46. The maximum Gasteiger partial charge on any atom is 0.261 e. The molecule has 0 aliphatic carbocycles. The molecular weight excluding hydrogens is 467 g/mol. The third-order valence-corrected chi connectivity index (χ3v) is 4.56. The van der Waals surface area contributed by atoms with Crippen LogP contribution in [0.15, 0.2) is 53.5 Å². The van der Waals surface area contributed by atoms with Gasteiger partial charge in [-0.05, 0) is 49.1 Å². The Morgan fingerprint density at radius 1 is 1.04 bits per heavy atom. The number of aryl methyl sites for hydroxylation is 1. The summed E-state index contributed by atoms with van der Waals surface area (Å²) in [5.41, 5.74) is 9.05. The zero-order valence-corrected chi connectivity index (χ0v) is 18.2. The molecule has 28 heavy (non-hydrogen) atoms. The molecule has 2 aromatic rings. The van der Waals surface area contributed by atoms with Gasteiger partial charge >= 0.3 is 0 Å². The van der Waals surface area contributed by atoms with Gasteiger partial charge in [-0.15, -0.1) is 24.0 Å². The molecule has 1 aliphatic rings. The number of carbonyl (C=O) groups is 2. The monoisotopic (exact) mass is 492 g/mol. The lowest BCUT2D eigenvalue weighted by Gasteiger charge is -2.13. The number of halogens is 1. The second-order valence-electron chi connectivity index (χ2n) is 6.46. The molecule has 0 unspecified atom stereocenters. The summed E-state index contributed by atoms with van der Waals surface area (Å²) in [5.74, 6) is -0.0591. The third kappa shape index (κ3) is 5.09. The molecule has 0 aromatic heterocycles. The van der Waals surface area contributed by atoms with Gasteiger partial charge < -0.3 is 11.1 Å². The largest absolute Gasteiger partial charge is 0.370 e. The van der Waals surface area contributed by atoms with Gasteiger partial charge in [-0.1, -0.05) is 31.2 Å². The van der Waals surface area contributed by atoms with Crippen LogP contribution >= 0.6 is 24.0 Å². The van der Waals surface area contributed by atoms with Crippen molar-refractivity contribution in [2.45, 2.75) is 26.2 Å². The molecule has 0 spiro atoms. The number of amides is 2. The molecule has 7 heteroatoms. The first kappa shape index (κ1) is 21.9. The molecule has 1 aliphatic heterocycles. The molecule has 1 heterocycles. The first-order valence-corrected chi connectivity index (χ1v) is 9.21. The van der Waals surface area contributed by atoms with Gasteiger partial charge in [-0.2, -0.15) is 0 Å². The van der Waals surface area contributed by atoms with E-state index in [-0.39, 0.29) is 35.8 Å². The molecule has 6 nitrogen and oxygen atoms in total. The van der Waals surface area contributed by atoms with E-state index in [1.165, 1.54) is 10.5 Å². The average Bonchev–Trinajstić information content (AvgIpc) is 2.93. The summed E-state index contributed by atoms with van der Waals surface area (Å²) in [4.78, 5) is 30.2. The summed E-state index contributed by atoms with van der Waals surface area (Å²) in [6.45, 7) is 3.04. The van der Waals surface area contributed by atoms with E-state index in [1.54, 1.807) is 24.3 Å². The molecule has 0 saturated heterocycles. The van der Waals surface area contributed by atoms with Gasteiger partial charge in [-0.3, -0.25) is 19.5 Å². The maximum absolute atomic E-state index is 12.3. The van der Waals surface area contributed by atoms with Crippen LogP contribution in [0.4, 0.5) is 5.69 Å². The van der Waals surface area contributed by atoms with Gasteiger partial charge in [0.1, 0.15) is 0 Å². The van der Waals surface area contributed by atoms with E-state index in [2.05, 4.69) is 23.3 Å². The van der Waals surface area contributed by atoms with Crippen molar-refractivity contribution in [3.8, 4) is 0 Å². The van der Waals surface area contributed by atoms with Crippen LogP contribution in [0.3, 0.4) is 0 Å². The molecule has 0 radical (unpaired) electrons. The summed E-state index contributed by atoms with van der Waals surface area (Å²) in [7, 11) is 0. The molecule has 0 bridgehead atoms. The van der Waals surface area contributed by atoms with Crippen LogP contribution in [0, 0.1) is 0 Å². The van der Waals surface area contributed by atoms with Crippen molar-refractivity contribution >= 4 is 47.4 Å². The molecule has 0 saturated carbocycles. The molecule has 148 valence electrons. The number of anilines is 1. The molecular formula is C21H25IN4O2. The molecule has 3 rings (SSSR count). The Bertz CT molecular complexity index is 847. The van der Waals surface area contributed by atoms with E-state index in [0.717, 1.165) is 18.5 Å². The van der Waals surface area contributed by atoms with Crippen LogP contribution in [0.2, 0.25) is 0 Å². The number of nitrogens with zero attached hydrogens (tertiary/aromatic N) is 2. The summed E-state index contributed by atoms with van der Waals surface area (Å²) in [6.07, 6.45) is 2.39. The number of nitrogens with two attached hydrogens (primary N) is 1. The summed E-state index contributed by atoms with van der Waals surface area (Å²) < 4.78 is 0. The predicted octanol–water partition coefficient (Wildman–Crippen LogP) is 3.67. The van der Waals surface area contributed by atoms with E-state index in [0.29, 0.717) is 36.6 Å². The summed E-state index contributed by atoms with van der Waals surface area (Å²) >= 11 is 0. The van der Waals surface area contributed by atoms with E-state index in [9.17, 15) is 9.59 Å². The highest BCUT2D eigenvalue weighted by Crippen LogP contribution is 2.22. The number of benzene rings is 2. The Balaban J connectivity index is 0.00000280. The minimum absolute atomic E-state index is 0. The predicted molar refractivity (Wildman–Crippen MR) is 122 cm³/mol. The van der Waals surface area contributed by atoms with Crippen molar-refractivity contribution in [2.24, 2.45) is 10.7 Å². The van der Waals surface area contributed by atoms with Gasteiger partial charge in [0.2, 0.25) is 0 Å². The lowest BCUT2D eigenvalue weighted by Crippen LogP contribution is -2.30. The lowest BCUT2D eigenvalue weighted by atomic mass is 10.1. The number of rotatable bonds is 7. The Labute approximate surface area is 182 Å². The molecule has 2 aromatic carbocycles. The van der Waals surface area contributed by atoms with Crippen LogP contribution in [0.1, 0.15) is 46.0 Å². The minimum atomic E-state index is -0.212. The zero-order valence-electron chi connectivity index (χ0n) is 15.9. The standard InChI is InChI=1S/C21H24N4O2.HI/c1-2-15-8-7-9-16(14-15)24-21(22)23-12-5-6-13-25-19(26)17-10-3-4-11-18(17)20(25)27;/h3-4,7-11,14H,2,5-6,12-13H2,1H3,(H3,22,23,24);1H. The number of guanidine groups is 1. The molecule has 3 N–H and O–H groups in total. The second kappa shape index (κ2) is 10.2. The zero-order chi connectivity index (χ0) is 19.2. The SMILES string of the molecule is CCc1cccc(NC(N)=NCCCCN2C(=O)c3ccccc3C2=O)c1.I. The smallest absolute Gasteiger partial charge is 0.261 e. The number of imide groups is 1. The highest BCUT2D eigenvalue weighted by Gasteiger charge is 2.34. The summed E-state index contributed by atoms with van der Waals surface area (Å²) in [6, 6.07) is 15.0. The van der Waals surface area contributed by atoms with Crippen molar-refractivity contribution in [3.05, 3.63) is 65.2 Å². The average molecular weight is 492 g/mol. The number of carbonyl (C=O) groups excluding carboxylic acids is 2. The van der Waals surface area contributed by atoms with Crippen molar-refractivity contribution in [2.75, 3.05) is 18.4 Å². The van der Waals surface area contributed by atoms with Crippen LogP contribution < -0.4 is 11.1 Å². The Morgan fingerprint density at radius 3 is 2.36 bits per heavy atom. The first-order valence-electron chi connectivity index (χ1n) is 9.21. The maximum atomic E-state index is 12.3. The van der Waals surface area contributed by atoms with E-state index in [1.807, 2.05) is 18.2 Å². The Morgan fingerprint density at radius 2 is 1.71 bits per heavy atom. The fourth-order valence-corrected chi connectivity index (χ4v) is 3.08. The highest BCUT2D eigenvalue weighted by atomic mass is 127. The first-order chi connectivity index (χ1) is 13.1. The summed E-state index contributed by atoms with van der Waals surface area (Å²) in [5, 5.41) is 3.08. The van der Waals surface area contributed by atoms with Crippen LogP contribution in [0.5, 0.6) is 0 Å². The molecule has 0 fully saturated rings. The number of unbranched alkanes of at least 4 members (excludes halogenated alkanes) is 1. The van der Waals surface area contributed by atoms with E-state index in [4.69, 9.17) is 5.73 Å². The van der Waals surface area contributed by atoms with Gasteiger partial charge in [0, 0.05) is 18.8 Å². The van der Waals surface area contributed by atoms with Gasteiger partial charge in [-0.25, -0.2) is 0 Å². The molecule has 2 amide bonds. The van der Waals surface area contributed by atoms with Crippen molar-refractivity contribution < 1.29 is 9.59 Å². The highest BCUT2D eigenvalue weighted by molar-refractivity contribution is 14.0. The van der Waals surface area contributed by atoms with Gasteiger partial charge in [0.05, 0.1) is 11.1 Å². The lowest BCUT2D eigenvalue weighted by molar-refractivity contribution is 0.0652. The third-order valence-electron chi connectivity index (χ3n) is 4.56. The number of fused-ring (bicyclic) bond motifs is 1. The molecule has 0 atom stereocenters. The van der Waals surface area contributed by atoms with Crippen molar-refractivity contribution in [1.29, 1.82) is 0 Å². The Kier molecular flexibility index (Phi) is 7.98. The number of nitrogens with one attached hydrogen (secondary N) is 1. The normalized spacial score (nSPS) is 13.3. The van der Waals surface area contributed by atoms with Crippen LogP contribution in [0.25, 0.3) is 0 Å². The number of hydrogen-bond donors (Lipinski definition) is 2. The number of hydrogen-bond acceptors (Lipinski definition) is 3.